The number of fused-ring (bicyclic) bond motifs is 1. The number of H-pyrrole nitrogens is 1. The second-order valence-electron chi connectivity index (χ2n) is 5.67. The highest BCUT2D eigenvalue weighted by atomic mass is 35.5. The van der Waals surface area contributed by atoms with Gasteiger partial charge >= 0.3 is 0 Å². The van der Waals surface area contributed by atoms with Crippen LogP contribution in [0.25, 0.3) is 22.5 Å². The largest absolute Gasteiger partial charge is 0.358 e. The average Bonchev–Trinajstić information content (AvgIpc) is 3.00. The Hall–Kier alpha value is -2.30. The Morgan fingerprint density at radius 3 is 2.54 bits per heavy atom. The Morgan fingerprint density at radius 2 is 1.79 bits per heavy atom. The van der Waals surface area contributed by atoms with Crippen molar-refractivity contribution in [1.82, 2.24) is 15.3 Å². The number of carbonyl (C=O) groups excluding carboxylic acids is 1. The summed E-state index contributed by atoms with van der Waals surface area (Å²) in [5.41, 5.74) is 5.16. The molecule has 0 aliphatic carbocycles. The van der Waals surface area contributed by atoms with Crippen LogP contribution in [0.1, 0.15) is 16.1 Å². The summed E-state index contributed by atoms with van der Waals surface area (Å²) in [6, 6.07) is 11.1. The molecule has 1 aliphatic heterocycles. The van der Waals surface area contributed by atoms with Crippen molar-refractivity contribution in [3.63, 3.8) is 0 Å². The Morgan fingerprint density at radius 1 is 1.00 bits per heavy atom. The Labute approximate surface area is 148 Å². The van der Waals surface area contributed by atoms with Gasteiger partial charge in [-0.2, -0.15) is 0 Å². The van der Waals surface area contributed by atoms with Crippen LogP contribution in [0.2, 0.25) is 10.0 Å². The van der Waals surface area contributed by atoms with Gasteiger partial charge < -0.3 is 10.3 Å². The number of aromatic nitrogens is 2. The van der Waals surface area contributed by atoms with Gasteiger partial charge in [0.25, 0.3) is 5.91 Å². The average molecular weight is 358 g/mol. The normalized spacial score (nSPS) is 13.5. The lowest BCUT2D eigenvalue weighted by atomic mass is 10.1. The molecule has 6 heteroatoms. The van der Waals surface area contributed by atoms with E-state index in [0.717, 1.165) is 34.6 Å². The topological polar surface area (TPSA) is 57.8 Å². The summed E-state index contributed by atoms with van der Waals surface area (Å²) < 4.78 is 0. The molecule has 0 fully saturated rings. The molecule has 120 valence electrons. The van der Waals surface area contributed by atoms with Gasteiger partial charge in [-0.1, -0.05) is 23.2 Å². The van der Waals surface area contributed by atoms with Gasteiger partial charge in [0.15, 0.2) is 0 Å². The van der Waals surface area contributed by atoms with Crippen molar-refractivity contribution < 1.29 is 4.79 Å². The summed E-state index contributed by atoms with van der Waals surface area (Å²) in [6.45, 7) is 0.661. The number of hydrogen-bond donors (Lipinski definition) is 2. The summed E-state index contributed by atoms with van der Waals surface area (Å²) in [5, 5.41) is 3.98. The smallest absolute Gasteiger partial charge is 0.253 e. The number of nitrogens with one attached hydrogen (secondary N) is 2. The molecule has 0 unspecified atom stereocenters. The van der Waals surface area contributed by atoms with E-state index < -0.39 is 0 Å². The summed E-state index contributed by atoms with van der Waals surface area (Å²) >= 11 is 12.2. The van der Waals surface area contributed by atoms with E-state index >= 15 is 0 Å². The molecule has 3 heterocycles. The van der Waals surface area contributed by atoms with Crippen LogP contribution >= 0.6 is 23.2 Å². The zero-order chi connectivity index (χ0) is 16.7. The molecule has 1 aliphatic rings. The predicted molar refractivity (Wildman–Crippen MR) is 95.5 cm³/mol. The lowest BCUT2D eigenvalue weighted by molar-refractivity contribution is 0.0946. The van der Waals surface area contributed by atoms with Crippen molar-refractivity contribution in [1.29, 1.82) is 0 Å². The molecule has 0 atom stereocenters. The number of amides is 1. The minimum atomic E-state index is -0.0327. The Bertz CT molecular complexity index is 929. The third kappa shape index (κ3) is 2.79. The number of aromatic amines is 1. The van der Waals surface area contributed by atoms with Gasteiger partial charge in [-0.25, -0.2) is 0 Å². The van der Waals surface area contributed by atoms with Gasteiger partial charge in [0.2, 0.25) is 0 Å². The fourth-order valence-electron chi connectivity index (χ4n) is 2.91. The van der Waals surface area contributed by atoms with Crippen LogP contribution in [0.15, 0.2) is 42.6 Å². The van der Waals surface area contributed by atoms with Crippen LogP contribution in [0.3, 0.4) is 0 Å². The van der Waals surface area contributed by atoms with Crippen molar-refractivity contribution in [3.8, 4) is 22.5 Å². The summed E-state index contributed by atoms with van der Waals surface area (Å²) in [4.78, 5) is 19.7. The van der Waals surface area contributed by atoms with E-state index in [4.69, 9.17) is 23.2 Å². The van der Waals surface area contributed by atoms with Gasteiger partial charge in [-0.3, -0.25) is 9.78 Å². The minimum absolute atomic E-state index is 0.0327. The summed E-state index contributed by atoms with van der Waals surface area (Å²) in [7, 11) is 0. The van der Waals surface area contributed by atoms with E-state index in [1.54, 1.807) is 12.3 Å². The molecule has 0 radical (unpaired) electrons. The maximum Gasteiger partial charge on any atom is 0.253 e. The van der Waals surface area contributed by atoms with Crippen molar-refractivity contribution in [3.05, 3.63) is 63.9 Å². The second kappa shape index (κ2) is 5.96. The third-order valence-corrected chi connectivity index (χ3v) is 4.47. The van der Waals surface area contributed by atoms with Gasteiger partial charge in [-0.05, 0) is 36.4 Å². The predicted octanol–water partition coefficient (Wildman–Crippen LogP) is 4.34. The van der Waals surface area contributed by atoms with E-state index in [1.165, 1.54) is 0 Å². The maximum absolute atomic E-state index is 11.9. The first-order valence-electron chi connectivity index (χ1n) is 7.53. The second-order valence-corrected chi connectivity index (χ2v) is 6.54. The highest BCUT2D eigenvalue weighted by Crippen LogP contribution is 2.29. The van der Waals surface area contributed by atoms with E-state index in [1.807, 2.05) is 30.3 Å². The monoisotopic (exact) mass is 357 g/mol. The van der Waals surface area contributed by atoms with E-state index in [-0.39, 0.29) is 5.91 Å². The highest BCUT2D eigenvalue weighted by Gasteiger charge is 2.20. The molecular weight excluding hydrogens is 345 g/mol. The molecule has 0 spiro atoms. The van der Waals surface area contributed by atoms with Crippen LogP contribution < -0.4 is 5.32 Å². The van der Waals surface area contributed by atoms with Crippen LogP contribution in [0.4, 0.5) is 0 Å². The Kier molecular flexibility index (Phi) is 3.79. The number of pyridine rings is 1. The van der Waals surface area contributed by atoms with Crippen LogP contribution in [0.5, 0.6) is 0 Å². The molecule has 1 amide bonds. The molecule has 0 saturated heterocycles. The van der Waals surface area contributed by atoms with Gasteiger partial charge in [0, 0.05) is 51.7 Å². The van der Waals surface area contributed by atoms with Crippen molar-refractivity contribution in [2.45, 2.75) is 6.42 Å². The number of benzene rings is 1. The number of rotatable bonds is 2. The first-order chi connectivity index (χ1) is 11.6. The molecule has 3 aromatic rings. The zero-order valence-corrected chi connectivity index (χ0v) is 14.1. The lowest BCUT2D eigenvalue weighted by Crippen LogP contribution is -2.31. The molecule has 4 rings (SSSR count). The van der Waals surface area contributed by atoms with E-state index in [9.17, 15) is 4.79 Å². The van der Waals surface area contributed by atoms with Crippen LogP contribution in [0, 0.1) is 0 Å². The molecule has 4 nitrogen and oxygen atoms in total. The van der Waals surface area contributed by atoms with E-state index in [0.29, 0.717) is 22.2 Å². The third-order valence-electron chi connectivity index (χ3n) is 4.03. The quantitative estimate of drug-likeness (QED) is 0.716. The van der Waals surface area contributed by atoms with Gasteiger partial charge in [-0.15, -0.1) is 0 Å². The van der Waals surface area contributed by atoms with Crippen LogP contribution in [-0.2, 0) is 6.42 Å². The summed E-state index contributed by atoms with van der Waals surface area (Å²) in [6.07, 6.45) is 2.54. The fraction of sp³-hybridized carbons (Fsp3) is 0.111. The molecule has 0 saturated carbocycles. The number of hydrogen-bond acceptors (Lipinski definition) is 2. The van der Waals surface area contributed by atoms with Crippen molar-refractivity contribution in [2.24, 2.45) is 0 Å². The SMILES string of the molecule is O=C1NCCc2[nH]c(-c3ccnc(-c4cc(Cl)cc(Cl)c4)c3)cc21. The maximum atomic E-state index is 11.9. The fourth-order valence-corrected chi connectivity index (χ4v) is 3.43. The molecule has 1 aromatic carbocycles. The van der Waals surface area contributed by atoms with Crippen molar-refractivity contribution in [2.75, 3.05) is 6.54 Å². The first-order valence-corrected chi connectivity index (χ1v) is 8.29. The Balaban J connectivity index is 1.77. The number of nitrogens with zero attached hydrogens (tertiary/aromatic N) is 1. The van der Waals surface area contributed by atoms with Gasteiger partial charge in [0.05, 0.1) is 11.3 Å². The number of carbonyl (C=O) groups is 1. The highest BCUT2D eigenvalue weighted by molar-refractivity contribution is 6.35. The summed E-state index contributed by atoms with van der Waals surface area (Å²) in [5.74, 6) is -0.0327. The van der Waals surface area contributed by atoms with Crippen molar-refractivity contribution >= 4 is 29.1 Å². The minimum Gasteiger partial charge on any atom is -0.358 e. The standard InChI is InChI=1S/C18H13Cl2N3O/c19-12-5-11(6-13(20)8-12)16-7-10(1-3-21-16)17-9-14-15(23-17)2-4-22-18(14)24/h1,3,5-9,23H,2,4H2,(H,22,24). The molecule has 2 aromatic heterocycles. The van der Waals surface area contributed by atoms with Crippen LogP contribution in [-0.4, -0.2) is 22.4 Å². The van der Waals surface area contributed by atoms with E-state index in [2.05, 4.69) is 15.3 Å². The lowest BCUT2D eigenvalue weighted by Gasteiger charge is -2.11. The molecular formula is C18H13Cl2N3O. The first kappa shape index (κ1) is 15.2. The molecule has 2 N–H and O–H groups in total. The number of halogens is 2. The zero-order valence-electron chi connectivity index (χ0n) is 12.6. The van der Waals surface area contributed by atoms with Gasteiger partial charge in [0.1, 0.15) is 0 Å². The molecule has 24 heavy (non-hydrogen) atoms. The molecule has 0 bridgehead atoms.